The van der Waals surface area contributed by atoms with Gasteiger partial charge < -0.3 is 14.6 Å². The van der Waals surface area contributed by atoms with Gasteiger partial charge in [-0.15, -0.1) is 13.2 Å². The standard InChI is InChI=1S/C18H13F3O5/c1-9(22)12-6-7-14-16(17(12)24)13(8-15(23)25-14)10-2-4-11(5-3-10)26-18(19,20)21/h2-7,13,24H,8H2,1H3. The number of esters is 1. The van der Waals surface area contributed by atoms with Gasteiger partial charge >= 0.3 is 12.3 Å². The molecule has 26 heavy (non-hydrogen) atoms. The van der Waals surface area contributed by atoms with Crippen LogP contribution in [0.3, 0.4) is 0 Å². The van der Waals surface area contributed by atoms with Gasteiger partial charge in [-0.2, -0.15) is 0 Å². The molecule has 0 radical (unpaired) electrons. The topological polar surface area (TPSA) is 72.8 Å². The van der Waals surface area contributed by atoms with Crippen LogP contribution in [0.15, 0.2) is 36.4 Å². The molecule has 0 fully saturated rings. The Labute approximate surface area is 146 Å². The second kappa shape index (κ2) is 6.36. The highest BCUT2D eigenvalue weighted by Gasteiger charge is 2.34. The molecular formula is C18H13F3O5. The highest BCUT2D eigenvalue weighted by atomic mass is 19.4. The summed E-state index contributed by atoms with van der Waals surface area (Å²) in [6.07, 6.45) is -4.93. The summed E-state index contributed by atoms with van der Waals surface area (Å²) in [6, 6.07) is 7.74. The highest BCUT2D eigenvalue weighted by Crippen LogP contribution is 2.45. The van der Waals surface area contributed by atoms with Gasteiger partial charge in [-0.25, -0.2) is 0 Å². The molecule has 1 N–H and O–H groups in total. The van der Waals surface area contributed by atoms with Crippen LogP contribution in [0.5, 0.6) is 17.2 Å². The second-order valence-corrected chi connectivity index (χ2v) is 5.78. The molecule has 1 aliphatic heterocycles. The molecule has 0 spiro atoms. The van der Waals surface area contributed by atoms with Crippen molar-refractivity contribution in [3.63, 3.8) is 0 Å². The Kier molecular flexibility index (Phi) is 4.35. The van der Waals surface area contributed by atoms with Crippen LogP contribution in [-0.4, -0.2) is 23.2 Å². The number of carbonyl (C=O) groups is 2. The second-order valence-electron chi connectivity index (χ2n) is 5.78. The third kappa shape index (κ3) is 3.49. The molecule has 1 unspecified atom stereocenters. The first-order chi connectivity index (χ1) is 12.2. The molecule has 136 valence electrons. The Morgan fingerprint density at radius 2 is 1.85 bits per heavy atom. The number of aromatic hydroxyl groups is 1. The number of ether oxygens (including phenoxy) is 2. The van der Waals surface area contributed by atoms with Crippen molar-refractivity contribution in [2.45, 2.75) is 25.6 Å². The molecule has 2 aromatic carbocycles. The molecule has 8 heteroatoms. The minimum Gasteiger partial charge on any atom is -0.507 e. The van der Waals surface area contributed by atoms with Crippen LogP contribution in [0.4, 0.5) is 13.2 Å². The summed E-state index contributed by atoms with van der Waals surface area (Å²) in [5, 5.41) is 10.4. The summed E-state index contributed by atoms with van der Waals surface area (Å²) < 4.78 is 45.7. The number of phenols is 1. The number of hydrogen-bond acceptors (Lipinski definition) is 5. The van der Waals surface area contributed by atoms with E-state index in [0.717, 1.165) is 12.1 Å². The van der Waals surface area contributed by atoms with Gasteiger partial charge in [0.1, 0.15) is 17.2 Å². The van der Waals surface area contributed by atoms with Gasteiger partial charge in [0.25, 0.3) is 0 Å². The van der Waals surface area contributed by atoms with Gasteiger partial charge in [0.05, 0.1) is 12.0 Å². The first-order valence-corrected chi connectivity index (χ1v) is 7.59. The SMILES string of the molecule is CC(=O)c1ccc2c(c1O)C(c1ccc(OC(F)(F)F)cc1)CC(=O)O2. The Balaban J connectivity index is 2.03. The zero-order chi connectivity index (χ0) is 19.1. The number of Topliss-reactive ketones (excluding diaryl/α,β-unsaturated/α-hetero) is 1. The van der Waals surface area contributed by atoms with E-state index in [-0.39, 0.29) is 34.8 Å². The molecule has 0 aliphatic carbocycles. The first kappa shape index (κ1) is 17.8. The summed E-state index contributed by atoms with van der Waals surface area (Å²) in [5.74, 6) is -2.16. The lowest BCUT2D eigenvalue weighted by Crippen LogP contribution is -2.22. The maximum atomic E-state index is 12.3. The van der Waals surface area contributed by atoms with E-state index in [9.17, 15) is 27.9 Å². The molecule has 1 heterocycles. The van der Waals surface area contributed by atoms with Crippen molar-refractivity contribution >= 4 is 11.8 Å². The fraction of sp³-hybridized carbons (Fsp3) is 0.222. The maximum Gasteiger partial charge on any atom is 0.573 e. The lowest BCUT2D eigenvalue weighted by Gasteiger charge is -2.26. The van der Waals surface area contributed by atoms with Gasteiger partial charge in [-0.1, -0.05) is 12.1 Å². The lowest BCUT2D eigenvalue weighted by atomic mass is 9.84. The number of fused-ring (bicyclic) bond motifs is 1. The predicted octanol–water partition coefficient (Wildman–Crippen LogP) is 3.93. The quantitative estimate of drug-likeness (QED) is 0.506. The lowest BCUT2D eigenvalue weighted by molar-refractivity contribution is -0.274. The van der Waals surface area contributed by atoms with Crippen molar-refractivity contribution in [1.82, 2.24) is 0 Å². The van der Waals surface area contributed by atoms with E-state index in [1.54, 1.807) is 0 Å². The van der Waals surface area contributed by atoms with Crippen molar-refractivity contribution in [3.05, 3.63) is 53.1 Å². The number of ketones is 1. The van der Waals surface area contributed by atoms with Crippen LogP contribution < -0.4 is 9.47 Å². The Bertz CT molecular complexity index is 872. The molecule has 0 bridgehead atoms. The summed E-state index contributed by atoms with van der Waals surface area (Å²) in [4.78, 5) is 23.5. The predicted molar refractivity (Wildman–Crippen MR) is 83.3 cm³/mol. The third-order valence-corrected chi connectivity index (χ3v) is 4.02. The molecule has 2 aromatic rings. The average molecular weight is 366 g/mol. The zero-order valence-corrected chi connectivity index (χ0v) is 13.5. The van der Waals surface area contributed by atoms with Gasteiger partial charge in [-0.05, 0) is 36.8 Å². The number of carbonyl (C=O) groups excluding carboxylic acids is 2. The Morgan fingerprint density at radius 3 is 2.42 bits per heavy atom. The minimum atomic E-state index is -4.81. The molecule has 5 nitrogen and oxygen atoms in total. The monoisotopic (exact) mass is 366 g/mol. The van der Waals surface area contributed by atoms with Crippen LogP contribution >= 0.6 is 0 Å². The summed E-state index contributed by atoms with van der Waals surface area (Å²) >= 11 is 0. The highest BCUT2D eigenvalue weighted by molar-refractivity contribution is 5.98. The summed E-state index contributed by atoms with van der Waals surface area (Å²) in [6.45, 7) is 1.29. The average Bonchev–Trinajstić information content (AvgIpc) is 2.53. The van der Waals surface area contributed by atoms with Gasteiger partial charge in [0.2, 0.25) is 0 Å². The molecule has 0 aromatic heterocycles. The third-order valence-electron chi connectivity index (χ3n) is 4.02. The molecule has 1 atom stereocenters. The van der Waals surface area contributed by atoms with Gasteiger partial charge in [0.15, 0.2) is 5.78 Å². The van der Waals surface area contributed by atoms with Gasteiger partial charge in [-0.3, -0.25) is 9.59 Å². The molecule has 3 rings (SSSR count). The number of rotatable bonds is 3. The van der Waals surface area contributed by atoms with Crippen molar-refractivity contribution in [1.29, 1.82) is 0 Å². The van der Waals surface area contributed by atoms with E-state index in [1.807, 2.05) is 0 Å². The van der Waals surface area contributed by atoms with Crippen LogP contribution in [0.1, 0.15) is 40.7 Å². The molecule has 1 aliphatic rings. The van der Waals surface area contributed by atoms with Crippen LogP contribution in [0, 0.1) is 0 Å². The van der Waals surface area contributed by atoms with Crippen molar-refractivity contribution in [2.24, 2.45) is 0 Å². The first-order valence-electron chi connectivity index (χ1n) is 7.59. The zero-order valence-electron chi connectivity index (χ0n) is 13.5. The van der Waals surface area contributed by atoms with E-state index in [2.05, 4.69) is 4.74 Å². The van der Waals surface area contributed by atoms with Crippen molar-refractivity contribution in [2.75, 3.05) is 0 Å². The van der Waals surface area contributed by atoms with E-state index >= 15 is 0 Å². The number of alkyl halides is 3. The number of hydrogen-bond donors (Lipinski definition) is 1. The summed E-state index contributed by atoms with van der Waals surface area (Å²) in [5.41, 5.74) is 0.805. The molecule has 0 saturated carbocycles. The van der Waals surface area contributed by atoms with E-state index in [4.69, 9.17) is 4.74 Å². The Hall–Kier alpha value is -3.03. The van der Waals surface area contributed by atoms with Crippen LogP contribution in [0.2, 0.25) is 0 Å². The maximum absolute atomic E-state index is 12.3. The normalized spacial score (nSPS) is 16.6. The van der Waals surface area contributed by atoms with E-state index in [0.29, 0.717) is 5.56 Å². The number of phenolic OH excluding ortho intramolecular Hbond substituents is 1. The molecule has 0 amide bonds. The van der Waals surface area contributed by atoms with E-state index in [1.165, 1.54) is 31.2 Å². The Morgan fingerprint density at radius 1 is 1.19 bits per heavy atom. The number of halogens is 3. The number of benzene rings is 2. The van der Waals surface area contributed by atoms with Crippen molar-refractivity contribution in [3.8, 4) is 17.2 Å². The fourth-order valence-electron chi connectivity index (χ4n) is 2.92. The van der Waals surface area contributed by atoms with Crippen LogP contribution in [-0.2, 0) is 4.79 Å². The largest absolute Gasteiger partial charge is 0.573 e. The van der Waals surface area contributed by atoms with Crippen molar-refractivity contribution < 1.29 is 37.3 Å². The smallest absolute Gasteiger partial charge is 0.507 e. The molecular weight excluding hydrogens is 353 g/mol. The summed E-state index contributed by atoms with van der Waals surface area (Å²) in [7, 11) is 0. The van der Waals surface area contributed by atoms with E-state index < -0.39 is 24.0 Å². The fourth-order valence-corrected chi connectivity index (χ4v) is 2.92. The van der Waals surface area contributed by atoms with Crippen LogP contribution in [0.25, 0.3) is 0 Å². The van der Waals surface area contributed by atoms with Gasteiger partial charge in [0, 0.05) is 11.5 Å². The minimum absolute atomic E-state index is 0.0729. The molecule has 0 saturated heterocycles.